The van der Waals surface area contributed by atoms with Gasteiger partial charge in [-0.3, -0.25) is 0 Å². The van der Waals surface area contributed by atoms with Crippen molar-refractivity contribution in [3.63, 3.8) is 0 Å². The second-order valence-corrected chi connectivity index (χ2v) is 6.48. The van der Waals surface area contributed by atoms with Crippen LogP contribution in [0.4, 0.5) is 16.0 Å². The Morgan fingerprint density at radius 3 is 2.64 bits per heavy atom. The fourth-order valence-corrected chi connectivity index (χ4v) is 2.88. The van der Waals surface area contributed by atoms with E-state index in [2.05, 4.69) is 15.3 Å². The minimum absolute atomic E-state index is 0.0397. The summed E-state index contributed by atoms with van der Waals surface area (Å²) in [4.78, 5) is 19.7. The molecule has 1 aromatic heterocycles. The van der Waals surface area contributed by atoms with Crippen molar-refractivity contribution in [3.05, 3.63) is 65.6 Å². The molecule has 0 saturated carbocycles. The van der Waals surface area contributed by atoms with Gasteiger partial charge in [-0.05, 0) is 35.7 Å². The number of rotatable bonds is 6. The van der Waals surface area contributed by atoms with E-state index >= 15 is 0 Å². The van der Waals surface area contributed by atoms with Crippen molar-refractivity contribution >= 4 is 17.6 Å². The summed E-state index contributed by atoms with van der Waals surface area (Å²) >= 11 is 0. The zero-order chi connectivity index (χ0) is 20.3. The predicted molar refractivity (Wildman–Crippen MR) is 105 cm³/mol. The van der Waals surface area contributed by atoms with Crippen LogP contribution in [-0.2, 0) is 0 Å². The third-order valence-electron chi connectivity index (χ3n) is 4.27. The van der Waals surface area contributed by atoms with E-state index < -0.39 is 11.8 Å². The molecular formula is C21H20FN3O3. The molecule has 0 amide bonds. The molecule has 0 spiro atoms. The van der Waals surface area contributed by atoms with Gasteiger partial charge in [-0.2, -0.15) is 0 Å². The van der Waals surface area contributed by atoms with Gasteiger partial charge in [-0.25, -0.2) is 19.2 Å². The molecule has 6 nitrogen and oxygen atoms in total. The molecule has 0 saturated heterocycles. The summed E-state index contributed by atoms with van der Waals surface area (Å²) in [7, 11) is 1.55. The lowest BCUT2D eigenvalue weighted by Gasteiger charge is -2.13. The van der Waals surface area contributed by atoms with Crippen LogP contribution < -0.4 is 10.1 Å². The number of methoxy groups -OCH3 is 1. The highest BCUT2D eigenvalue weighted by molar-refractivity contribution is 5.90. The summed E-state index contributed by atoms with van der Waals surface area (Å²) in [6.45, 7) is 3.77. The first-order valence-corrected chi connectivity index (χ1v) is 8.71. The van der Waals surface area contributed by atoms with Gasteiger partial charge in [0.25, 0.3) is 0 Å². The first kappa shape index (κ1) is 19.3. The number of halogens is 1. The quantitative estimate of drug-likeness (QED) is 0.635. The molecule has 144 valence electrons. The van der Waals surface area contributed by atoms with E-state index in [-0.39, 0.29) is 23.1 Å². The normalized spacial score (nSPS) is 10.8. The second-order valence-electron chi connectivity index (χ2n) is 6.48. The SMILES string of the molecule is COc1ccccc1Nc1ncc(F)c(-c2ccc(C(=O)O)c(C(C)C)c2)n1. The van der Waals surface area contributed by atoms with Crippen LogP contribution in [0.25, 0.3) is 11.3 Å². The molecule has 7 heteroatoms. The van der Waals surface area contributed by atoms with Crippen molar-refractivity contribution in [1.82, 2.24) is 9.97 Å². The molecule has 0 fully saturated rings. The standard InChI is InChI=1S/C21H20FN3O3/c1-12(2)15-10-13(8-9-14(15)20(26)27)19-16(22)11-23-21(25-19)24-17-6-4-5-7-18(17)28-3/h4-12H,1-3H3,(H,26,27)(H,23,24,25). The number of carboxylic acid groups (broad SMARTS) is 1. The second kappa shape index (κ2) is 8.04. The van der Waals surface area contributed by atoms with Crippen molar-refractivity contribution in [2.24, 2.45) is 0 Å². The van der Waals surface area contributed by atoms with Crippen LogP contribution in [0, 0.1) is 5.82 Å². The Labute approximate surface area is 162 Å². The number of carboxylic acids is 1. The number of benzene rings is 2. The number of hydrogen-bond acceptors (Lipinski definition) is 5. The lowest BCUT2D eigenvalue weighted by molar-refractivity contribution is 0.0695. The fraction of sp³-hybridized carbons (Fsp3) is 0.190. The fourth-order valence-electron chi connectivity index (χ4n) is 2.88. The third-order valence-corrected chi connectivity index (χ3v) is 4.27. The van der Waals surface area contributed by atoms with Crippen molar-refractivity contribution < 1.29 is 19.0 Å². The molecule has 0 unspecified atom stereocenters. The van der Waals surface area contributed by atoms with Crippen LogP contribution in [0.15, 0.2) is 48.7 Å². The van der Waals surface area contributed by atoms with Crippen molar-refractivity contribution in [3.8, 4) is 17.0 Å². The van der Waals surface area contributed by atoms with E-state index in [1.165, 1.54) is 6.07 Å². The highest BCUT2D eigenvalue weighted by Crippen LogP contribution is 2.30. The van der Waals surface area contributed by atoms with Crippen LogP contribution in [-0.4, -0.2) is 28.2 Å². The summed E-state index contributed by atoms with van der Waals surface area (Å²) < 4.78 is 19.7. The average Bonchev–Trinajstić information content (AvgIpc) is 2.69. The number of nitrogens with zero attached hydrogens (tertiary/aromatic N) is 2. The van der Waals surface area contributed by atoms with E-state index in [0.29, 0.717) is 22.6 Å². The highest BCUT2D eigenvalue weighted by Gasteiger charge is 2.17. The molecule has 0 radical (unpaired) electrons. The number of aromatic nitrogens is 2. The lowest BCUT2D eigenvalue weighted by Crippen LogP contribution is -2.05. The van der Waals surface area contributed by atoms with E-state index in [1.807, 2.05) is 26.0 Å². The van der Waals surface area contributed by atoms with Gasteiger partial charge < -0.3 is 15.2 Å². The van der Waals surface area contributed by atoms with Crippen molar-refractivity contribution in [2.75, 3.05) is 12.4 Å². The average molecular weight is 381 g/mol. The molecular weight excluding hydrogens is 361 g/mol. The van der Waals surface area contributed by atoms with Crippen LogP contribution >= 0.6 is 0 Å². The first-order valence-electron chi connectivity index (χ1n) is 8.71. The predicted octanol–water partition coefficient (Wildman–Crippen LogP) is 4.86. The van der Waals surface area contributed by atoms with Gasteiger partial charge in [0.1, 0.15) is 11.4 Å². The highest BCUT2D eigenvalue weighted by atomic mass is 19.1. The van der Waals surface area contributed by atoms with Crippen LogP contribution in [0.3, 0.4) is 0 Å². The van der Waals surface area contributed by atoms with Gasteiger partial charge in [0.2, 0.25) is 5.95 Å². The molecule has 2 aromatic carbocycles. The Morgan fingerprint density at radius 1 is 1.21 bits per heavy atom. The van der Waals surface area contributed by atoms with Gasteiger partial charge >= 0.3 is 5.97 Å². The van der Waals surface area contributed by atoms with Gasteiger partial charge in [-0.1, -0.05) is 32.0 Å². The monoisotopic (exact) mass is 381 g/mol. The number of aromatic carboxylic acids is 1. The molecule has 3 aromatic rings. The van der Waals surface area contributed by atoms with Crippen LogP contribution in [0.1, 0.15) is 35.7 Å². The van der Waals surface area contributed by atoms with E-state index in [4.69, 9.17) is 4.74 Å². The summed E-state index contributed by atoms with van der Waals surface area (Å²) in [5, 5.41) is 12.4. The topological polar surface area (TPSA) is 84.3 Å². The maximum absolute atomic E-state index is 14.4. The first-order chi connectivity index (χ1) is 13.4. The maximum atomic E-state index is 14.4. The van der Waals surface area contributed by atoms with Crippen LogP contribution in [0.2, 0.25) is 0 Å². The number of para-hydroxylation sites is 2. The molecule has 0 atom stereocenters. The summed E-state index contributed by atoms with van der Waals surface area (Å²) in [5.41, 5.74) is 2.03. The molecule has 28 heavy (non-hydrogen) atoms. The lowest BCUT2D eigenvalue weighted by atomic mass is 9.94. The van der Waals surface area contributed by atoms with Crippen molar-refractivity contribution in [1.29, 1.82) is 0 Å². The molecule has 0 aliphatic carbocycles. The number of carbonyl (C=O) groups is 1. The zero-order valence-electron chi connectivity index (χ0n) is 15.7. The third kappa shape index (κ3) is 3.93. The van der Waals surface area contributed by atoms with Crippen LogP contribution in [0.5, 0.6) is 5.75 Å². The minimum atomic E-state index is -1.02. The van der Waals surface area contributed by atoms with Gasteiger partial charge in [0.15, 0.2) is 5.82 Å². The number of anilines is 2. The van der Waals surface area contributed by atoms with Crippen molar-refractivity contribution in [2.45, 2.75) is 19.8 Å². The number of hydrogen-bond donors (Lipinski definition) is 2. The smallest absolute Gasteiger partial charge is 0.335 e. The number of nitrogens with one attached hydrogen (secondary N) is 1. The van der Waals surface area contributed by atoms with E-state index in [1.54, 1.807) is 31.4 Å². The summed E-state index contributed by atoms with van der Waals surface area (Å²) in [6.07, 6.45) is 1.08. The maximum Gasteiger partial charge on any atom is 0.335 e. The molecule has 3 rings (SSSR count). The Morgan fingerprint density at radius 2 is 1.96 bits per heavy atom. The largest absolute Gasteiger partial charge is 0.495 e. The van der Waals surface area contributed by atoms with Gasteiger partial charge in [0, 0.05) is 5.56 Å². The van der Waals surface area contributed by atoms with E-state index in [9.17, 15) is 14.3 Å². The summed E-state index contributed by atoms with van der Waals surface area (Å²) in [6, 6.07) is 11.9. The minimum Gasteiger partial charge on any atom is -0.495 e. The van der Waals surface area contributed by atoms with Gasteiger partial charge in [-0.15, -0.1) is 0 Å². The molecule has 2 N–H and O–H groups in total. The Kier molecular flexibility index (Phi) is 5.54. The zero-order valence-corrected chi connectivity index (χ0v) is 15.7. The molecule has 1 heterocycles. The Balaban J connectivity index is 2.02. The molecule has 0 aliphatic rings. The molecule has 0 bridgehead atoms. The number of ether oxygens (including phenoxy) is 1. The Hall–Kier alpha value is -3.48. The Bertz CT molecular complexity index is 1020. The summed E-state index contributed by atoms with van der Waals surface area (Å²) in [5.74, 6) is -0.846. The van der Waals surface area contributed by atoms with Gasteiger partial charge in [0.05, 0.1) is 24.6 Å². The van der Waals surface area contributed by atoms with E-state index in [0.717, 1.165) is 6.20 Å². The molecule has 0 aliphatic heterocycles.